The van der Waals surface area contributed by atoms with E-state index in [-0.39, 0.29) is 11.4 Å². The van der Waals surface area contributed by atoms with Gasteiger partial charge >= 0.3 is 0 Å². The van der Waals surface area contributed by atoms with Gasteiger partial charge in [0.15, 0.2) is 0 Å². The van der Waals surface area contributed by atoms with Gasteiger partial charge in [0.25, 0.3) is 5.91 Å². The minimum absolute atomic E-state index is 0.0105. The molecular formula is C14H23N3O. The van der Waals surface area contributed by atoms with Gasteiger partial charge in [-0.05, 0) is 37.8 Å². The Kier molecular flexibility index (Phi) is 3.76. The van der Waals surface area contributed by atoms with E-state index in [0.29, 0.717) is 12.6 Å². The van der Waals surface area contributed by atoms with Crippen LogP contribution in [0.25, 0.3) is 0 Å². The largest absolute Gasteiger partial charge is 0.349 e. The number of hydrogen-bond donors (Lipinski definition) is 2. The summed E-state index contributed by atoms with van der Waals surface area (Å²) in [5.41, 5.74) is 6.66. The second-order valence-electron chi connectivity index (χ2n) is 5.28. The van der Waals surface area contributed by atoms with E-state index in [4.69, 9.17) is 5.73 Å². The molecule has 0 spiro atoms. The van der Waals surface area contributed by atoms with Gasteiger partial charge in [-0.2, -0.15) is 0 Å². The lowest BCUT2D eigenvalue weighted by Crippen LogP contribution is -2.49. The van der Waals surface area contributed by atoms with Crippen LogP contribution in [0.4, 0.5) is 0 Å². The fraction of sp³-hybridized carbons (Fsp3) is 0.643. The van der Waals surface area contributed by atoms with Crippen molar-refractivity contribution in [3.8, 4) is 0 Å². The first-order valence-electron chi connectivity index (χ1n) is 6.83. The number of carbonyl (C=O) groups excluding carboxylic acids is 1. The van der Waals surface area contributed by atoms with E-state index in [1.54, 1.807) is 0 Å². The van der Waals surface area contributed by atoms with E-state index in [1.165, 1.54) is 12.8 Å². The second-order valence-corrected chi connectivity index (χ2v) is 5.28. The summed E-state index contributed by atoms with van der Waals surface area (Å²) in [6.07, 6.45) is 6.09. The molecule has 1 heterocycles. The van der Waals surface area contributed by atoms with Crippen molar-refractivity contribution in [3.05, 3.63) is 24.0 Å². The highest BCUT2D eigenvalue weighted by molar-refractivity contribution is 5.92. The third kappa shape index (κ3) is 2.75. The maximum atomic E-state index is 12.1. The van der Waals surface area contributed by atoms with Gasteiger partial charge in [-0.25, -0.2) is 0 Å². The molecule has 3 N–H and O–H groups in total. The molecule has 1 aromatic heterocycles. The van der Waals surface area contributed by atoms with Crippen molar-refractivity contribution in [2.24, 2.45) is 5.73 Å². The summed E-state index contributed by atoms with van der Waals surface area (Å²) in [5, 5.41) is 2.97. The second kappa shape index (κ2) is 5.14. The summed E-state index contributed by atoms with van der Waals surface area (Å²) in [6, 6.07) is 4.34. The molecule has 18 heavy (non-hydrogen) atoms. The lowest BCUT2D eigenvalue weighted by Gasteiger charge is -2.26. The molecule has 2 rings (SSSR count). The van der Waals surface area contributed by atoms with Crippen LogP contribution in [-0.4, -0.2) is 22.6 Å². The predicted octanol–water partition coefficient (Wildman–Crippen LogP) is 2.07. The van der Waals surface area contributed by atoms with Gasteiger partial charge in [0.1, 0.15) is 5.69 Å². The van der Waals surface area contributed by atoms with Gasteiger partial charge in [0, 0.05) is 24.3 Å². The molecule has 0 saturated heterocycles. The van der Waals surface area contributed by atoms with E-state index in [0.717, 1.165) is 18.5 Å². The number of aromatic nitrogens is 1. The smallest absolute Gasteiger partial charge is 0.267 e. The fourth-order valence-corrected chi connectivity index (χ4v) is 2.10. The van der Waals surface area contributed by atoms with E-state index in [2.05, 4.69) is 23.7 Å². The predicted molar refractivity (Wildman–Crippen MR) is 72.5 cm³/mol. The van der Waals surface area contributed by atoms with Crippen LogP contribution in [0.5, 0.6) is 0 Å². The van der Waals surface area contributed by atoms with Crippen LogP contribution in [0.1, 0.15) is 56.1 Å². The van der Waals surface area contributed by atoms with Gasteiger partial charge in [-0.15, -0.1) is 0 Å². The Hall–Kier alpha value is -1.29. The zero-order valence-electron chi connectivity index (χ0n) is 11.3. The molecule has 0 atom stereocenters. The van der Waals surface area contributed by atoms with Crippen molar-refractivity contribution in [1.82, 2.24) is 9.88 Å². The Bertz CT molecular complexity index is 416. The van der Waals surface area contributed by atoms with Crippen LogP contribution in [0.15, 0.2) is 18.3 Å². The first-order valence-corrected chi connectivity index (χ1v) is 6.83. The molecule has 4 heteroatoms. The van der Waals surface area contributed by atoms with Gasteiger partial charge in [0.05, 0.1) is 0 Å². The minimum Gasteiger partial charge on any atom is -0.349 e. The molecule has 0 unspecified atom stereocenters. The Morgan fingerprint density at radius 3 is 2.72 bits per heavy atom. The van der Waals surface area contributed by atoms with E-state index in [1.807, 2.05) is 18.3 Å². The average Bonchev–Trinajstić information content (AvgIpc) is 3.13. The van der Waals surface area contributed by atoms with E-state index < -0.39 is 0 Å². The molecule has 1 aliphatic rings. The van der Waals surface area contributed by atoms with Gasteiger partial charge in [-0.1, -0.05) is 13.8 Å². The molecule has 1 aliphatic carbocycles. The van der Waals surface area contributed by atoms with Crippen molar-refractivity contribution in [3.63, 3.8) is 0 Å². The van der Waals surface area contributed by atoms with Crippen molar-refractivity contribution in [2.75, 3.05) is 6.54 Å². The highest BCUT2D eigenvalue weighted by atomic mass is 16.1. The quantitative estimate of drug-likeness (QED) is 0.810. The number of amides is 1. The van der Waals surface area contributed by atoms with Crippen LogP contribution >= 0.6 is 0 Å². The maximum Gasteiger partial charge on any atom is 0.267 e. The summed E-state index contributed by atoms with van der Waals surface area (Å²) < 4.78 is 2.07. The van der Waals surface area contributed by atoms with Crippen molar-refractivity contribution in [2.45, 2.75) is 51.1 Å². The Balaban J connectivity index is 1.97. The summed E-state index contributed by atoms with van der Waals surface area (Å²) in [4.78, 5) is 12.1. The SMILES string of the molecule is CCC(N)(CC)CNC(=O)c1cccn1C1CC1. The molecule has 0 radical (unpaired) electrons. The topological polar surface area (TPSA) is 60.0 Å². The zero-order valence-corrected chi connectivity index (χ0v) is 11.3. The Labute approximate surface area is 109 Å². The third-order valence-electron chi connectivity index (χ3n) is 3.96. The molecule has 0 aliphatic heterocycles. The van der Waals surface area contributed by atoms with Crippen molar-refractivity contribution in [1.29, 1.82) is 0 Å². The van der Waals surface area contributed by atoms with Crippen LogP contribution in [0, 0.1) is 0 Å². The number of rotatable bonds is 6. The molecule has 1 aromatic rings. The number of nitrogens with zero attached hydrogens (tertiary/aromatic N) is 1. The Morgan fingerprint density at radius 1 is 1.50 bits per heavy atom. The number of nitrogens with two attached hydrogens (primary N) is 1. The van der Waals surface area contributed by atoms with Gasteiger partial charge in [-0.3, -0.25) is 4.79 Å². The molecular weight excluding hydrogens is 226 g/mol. The maximum absolute atomic E-state index is 12.1. The monoisotopic (exact) mass is 249 g/mol. The third-order valence-corrected chi connectivity index (χ3v) is 3.96. The lowest BCUT2D eigenvalue weighted by molar-refractivity contribution is 0.0932. The number of carbonyl (C=O) groups is 1. The highest BCUT2D eigenvalue weighted by Gasteiger charge is 2.27. The average molecular weight is 249 g/mol. The lowest BCUT2D eigenvalue weighted by atomic mass is 9.94. The van der Waals surface area contributed by atoms with Crippen LogP contribution in [-0.2, 0) is 0 Å². The van der Waals surface area contributed by atoms with Crippen molar-refractivity contribution < 1.29 is 4.79 Å². The number of nitrogens with one attached hydrogen (secondary N) is 1. The summed E-state index contributed by atoms with van der Waals surface area (Å²) >= 11 is 0. The molecule has 100 valence electrons. The van der Waals surface area contributed by atoms with Gasteiger partial charge in [0.2, 0.25) is 0 Å². The molecule has 1 fully saturated rings. The van der Waals surface area contributed by atoms with Gasteiger partial charge < -0.3 is 15.6 Å². The standard InChI is InChI=1S/C14H23N3O/c1-3-14(15,4-2)10-16-13(18)12-6-5-9-17(12)11-7-8-11/h5-6,9,11H,3-4,7-8,10,15H2,1-2H3,(H,16,18). The van der Waals surface area contributed by atoms with E-state index >= 15 is 0 Å². The van der Waals surface area contributed by atoms with Crippen LogP contribution < -0.4 is 11.1 Å². The first-order chi connectivity index (χ1) is 8.59. The summed E-state index contributed by atoms with van der Waals surface area (Å²) in [7, 11) is 0. The number of hydrogen-bond acceptors (Lipinski definition) is 2. The minimum atomic E-state index is -0.285. The first kappa shape index (κ1) is 13.1. The molecule has 0 bridgehead atoms. The zero-order chi connectivity index (χ0) is 13.2. The van der Waals surface area contributed by atoms with Crippen molar-refractivity contribution >= 4 is 5.91 Å². The van der Waals surface area contributed by atoms with Crippen LogP contribution in [0.2, 0.25) is 0 Å². The summed E-state index contributed by atoms with van der Waals surface area (Å²) in [5.74, 6) is -0.0105. The summed E-state index contributed by atoms with van der Waals surface area (Å²) in [6.45, 7) is 4.65. The van der Waals surface area contributed by atoms with E-state index in [9.17, 15) is 4.79 Å². The fourth-order valence-electron chi connectivity index (χ4n) is 2.10. The Morgan fingerprint density at radius 2 is 2.17 bits per heavy atom. The molecule has 4 nitrogen and oxygen atoms in total. The highest BCUT2D eigenvalue weighted by Crippen LogP contribution is 2.35. The molecule has 0 aromatic carbocycles. The molecule has 1 saturated carbocycles. The molecule has 1 amide bonds. The normalized spacial score (nSPS) is 15.7. The van der Waals surface area contributed by atoms with Crippen LogP contribution in [0.3, 0.4) is 0 Å².